The van der Waals surface area contributed by atoms with Gasteiger partial charge in [-0.15, -0.1) is 0 Å². The summed E-state index contributed by atoms with van der Waals surface area (Å²) >= 11 is 0. The van der Waals surface area contributed by atoms with Crippen LogP contribution in [-0.2, 0) is 26.0 Å². The van der Waals surface area contributed by atoms with Gasteiger partial charge in [0, 0.05) is 68.4 Å². The molecule has 6 aromatic heterocycles. The number of hydrogen-bond acceptors (Lipinski definition) is 16. The number of nitrogens with one attached hydrogen (secondary N) is 2. The van der Waals surface area contributed by atoms with E-state index in [2.05, 4.69) is 72.8 Å². The Kier molecular flexibility index (Phi) is 14.2. The Morgan fingerprint density at radius 3 is 1.43 bits per heavy atom. The molecule has 0 radical (unpaired) electrons. The number of aliphatic hydroxyl groups excluding tert-OH is 1. The zero-order valence-electron chi connectivity index (χ0n) is 39.3. The summed E-state index contributed by atoms with van der Waals surface area (Å²) < 4.78 is 3.40. The van der Waals surface area contributed by atoms with Gasteiger partial charge in [-0.1, -0.05) is 109 Å². The Balaban J connectivity index is 0.000000174. The number of nitrogens with two attached hydrogens (primary N) is 1. The lowest BCUT2D eigenvalue weighted by molar-refractivity contribution is 0.281. The summed E-state index contributed by atoms with van der Waals surface area (Å²) in [5.41, 5.74) is 15.2. The van der Waals surface area contributed by atoms with Gasteiger partial charge in [-0.05, 0) is 61.1 Å². The van der Waals surface area contributed by atoms with Gasteiger partial charge in [0.1, 0.15) is 24.3 Å². The van der Waals surface area contributed by atoms with E-state index in [1.165, 1.54) is 18.2 Å². The van der Waals surface area contributed by atoms with Crippen molar-refractivity contribution in [1.29, 1.82) is 0 Å². The number of anilines is 6. The van der Waals surface area contributed by atoms with Crippen LogP contribution >= 0.6 is 0 Å². The van der Waals surface area contributed by atoms with Crippen LogP contribution in [0.5, 0.6) is 0 Å². The molecule has 5 N–H and O–H groups in total. The topological polar surface area (TPSA) is 215 Å². The first-order valence-electron chi connectivity index (χ1n) is 22.9. The number of hydrogen-bond donors (Lipinski definition) is 4. The smallest absolute Gasteiger partial charge is 0.234 e. The van der Waals surface area contributed by atoms with E-state index in [1.54, 1.807) is 21.4 Å². The Labute approximate surface area is 405 Å². The molecule has 70 heavy (non-hydrogen) atoms. The lowest BCUT2D eigenvalue weighted by Crippen LogP contribution is -2.22. The minimum atomic E-state index is 0.0334. The van der Waals surface area contributed by atoms with Gasteiger partial charge in [-0.25, -0.2) is 29.9 Å². The van der Waals surface area contributed by atoms with Crippen molar-refractivity contribution >= 4 is 46.7 Å². The number of benzene rings is 4. The van der Waals surface area contributed by atoms with E-state index in [9.17, 15) is 5.11 Å². The van der Waals surface area contributed by atoms with Crippen molar-refractivity contribution in [3.63, 3.8) is 0 Å². The normalized spacial score (nSPS) is 12.0. The van der Waals surface area contributed by atoms with E-state index in [-0.39, 0.29) is 18.7 Å². The molecule has 10 rings (SSSR count). The molecule has 0 fully saturated rings. The van der Waals surface area contributed by atoms with Crippen LogP contribution in [-0.4, -0.2) is 90.4 Å². The highest BCUT2D eigenvalue weighted by molar-refractivity contribution is 5.69. The summed E-state index contributed by atoms with van der Waals surface area (Å²) in [6.45, 7) is 4.76. The first-order chi connectivity index (χ1) is 34.2. The zero-order chi connectivity index (χ0) is 48.4. The van der Waals surface area contributed by atoms with Crippen molar-refractivity contribution in [2.45, 2.75) is 51.9 Å². The Bertz CT molecular complexity index is 3090. The SMILES string of the molecule is CC(Cc1cccc(CN)c1)Nc1nccc(N(C)c2nc(-c3ccccc3)cc3ncnn23)n1.CC(Cc1cccc(CO)c1)Nc1nccc(N(C)c2nc(-c3ccccc3)cc3ncnn23)n1. The molecule has 2 unspecified atom stereocenters. The van der Waals surface area contributed by atoms with Crippen LogP contribution in [0.3, 0.4) is 0 Å². The molecule has 10 aromatic rings. The first-order valence-corrected chi connectivity index (χ1v) is 22.9. The largest absolute Gasteiger partial charge is 0.392 e. The molecule has 0 bridgehead atoms. The van der Waals surface area contributed by atoms with Crippen molar-refractivity contribution in [3.8, 4) is 22.5 Å². The van der Waals surface area contributed by atoms with Crippen molar-refractivity contribution in [2.24, 2.45) is 5.73 Å². The Hall–Kier alpha value is -8.74. The number of nitrogens with zero attached hydrogens (tertiary/aromatic N) is 14. The van der Waals surface area contributed by atoms with Crippen molar-refractivity contribution in [3.05, 3.63) is 181 Å². The average Bonchev–Trinajstić information content (AvgIpc) is 4.09. The minimum absolute atomic E-state index is 0.0334. The van der Waals surface area contributed by atoms with Gasteiger partial charge >= 0.3 is 0 Å². The summed E-state index contributed by atoms with van der Waals surface area (Å²) in [5, 5.41) is 24.9. The van der Waals surface area contributed by atoms with Gasteiger partial charge in [0.05, 0.1) is 18.0 Å². The second-order valence-electron chi connectivity index (χ2n) is 16.8. The standard InChI is InChI=1S/C26H27N9.C26H26N8O/c1-18(13-19-7-6-8-20(14-19)16-27)31-25-28-12-11-23(33-25)34(2)26-32-22(21-9-4-3-5-10-21)15-24-29-17-30-35(24)26;1-18(13-19-7-6-8-20(14-19)16-35)30-25-27-12-11-23(32-25)33(2)26-31-22(21-9-4-3-5-10-21)15-24-28-17-29-34(24)26/h3-12,14-15,17-18H,13,16,27H2,1-2H3,(H,28,31,33);3-12,14-15,17-18,35H,13,16H2,1-2H3,(H,27,30,32). The second kappa shape index (κ2) is 21.5. The predicted octanol–water partition coefficient (Wildman–Crippen LogP) is 7.74. The van der Waals surface area contributed by atoms with Crippen molar-refractivity contribution in [2.75, 3.05) is 34.5 Å². The minimum Gasteiger partial charge on any atom is -0.392 e. The molecule has 18 nitrogen and oxygen atoms in total. The molecule has 0 aliphatic heterocycles. The van der Waals surface area contributed by atoms with E-state index < -0.39 is 0 Å². The highest BCUT2D eigenvalue weighted by Crippen LogP contribution is 2.28. The molecule has 0 spiro atoms. The predicted molar refractivity (Wildman–Crippen MR) is 273 cm³/mol. The number of rotatable bonds is 16. The summed E-state index contributed by atoms with van der Waals surface area (Å²) in [6.07, 6.45) is 8.11. The summed E-state index contributed by atoms with van der Waals surface area (Å²) in [6, 6.07) is 44.0. The Morgan fingerprint density at radius 2 is 0.971 bits per heavy atom. The van der Waals surface area contributed by atoms with Gasteiger partial charge in [0.15, 0.2) is 11.3 Å². The highest BCUT2D eigenvalue weighted by atomic mass is 16.3. The van der Waals surface area contributed by atoms with Gasteiger partial charge < -0.3 is 21.5 Å². The third kappa shape index (κ3) is 11.0. The van der Waals surface area contributed by atoms with Crippen molar-refractivity contribution < 1.29 is 5.11 Å². The van der Waals surface area contributed by atoms with E-state index in [1.807, 2.05) is 139 Å². The van der Waals surface area contributed by atoms with Crippen LogP contribution in [0.1, 0.15) is 36.1 Å². The van der Waals surface area contributed by atoms with E-state index in [0.717, 1.165) is 52.0 Å². The number of aliphatic hydroxyl groups is 1. The molecule has 2 atom stereocenters. The second-order valence-corrected chi connectivity index (χ2v) is 16.8. The van der Waals surface area contributed by atoms with E-state index >= 15 is 0 Å². The lowest BCUT2D eigenvalue weighted by Gasteiger charge is -2.20. The van der Waals surface area contributed by atoms with Crippen LogP contribution in [0, 0.1) is 0 Å². The third-order valence-electron chi connectivity index (χ3n) is 11.4. The summed E-state index contributed by atoms with van der Waals surface area (Å²) in [5.74, 6) is 3.63. The molecule has 0 saturated heterocycles. The van der Waals surface area contributed by atoms with Crippen LogP contribution < -0.4 is 26.2 Å². The average molecular weight is 932 g/mol. The number of fused-ring (bicyclic) bond motifs is 2. The van der Waals surface area contributed by atoms with Crippen LogP contribution in [0.25, 0.3) is 33.8 Å². The molecular weight excluding hydrogens is 879 g/mol. The van der Waals surface area contributed by atoms with Crippen LogP contribution in [0.4, 0.5) is 35.4 Å². The molecule has 352 valence electrons. The highest BCUT2D eigenvalue weighted by Gasteiger charge is 2.19. The summed E-state index contributed by atoms with van der Waals surface area (Å²) in [4.78, 5) is 40.5. The van der Waals surface area contributed by atoms with E-state index in [4.69, 9.17) is 25.7 Å². The third-order valence-corrected chi connectivity index (χ3v) is 11.4. The van der Waals surface area contributed by atoms with Crippen LogP contribution in [0.15, 0.2) is 159 Å². The Morgan fingerprint density at radius 1 is 0.529 bits per heavy atom. The molecule has 0 aliphatic rings. The van der Waals surface area contributed by atoms with Gasteiger partial charge in [0.2, 0.25) is 23.8 Å². The van der Waals surface area contributed by atoms with Gasteiger partial charge in [-0.2, -0.15) is 29.2 Å². The fraction of sp³-hybridized carbons (Fsp3) is 0.192. The molecule has 0 aliphatic carbocycles. The maximum atomic E-state index is 9.39. The quantitative estimate of drug-likeness (QED) is 0.0729. The maximum absolute atomic E-state index is 9.39. The zero-order valence-corrected chi connectivity index (χ0v) is 39.3. The summed E-state index contributed by atoms with van der Waals surface area (Å²) in [7, 11) is 3.81. The molecule has 18 heteroatoms. The lowest BCUT2D eigenvalue weighted by atomic mass is 10.0. The molecule has 4 aromatic carbocycles. The van der Waals surface area contributed by atoms with Gasteiger partial charge in [-0.3, -0.25) is 9.80 Å². The van der Waals surface area contributed by atoms with Crippen molar-refractivity contribution in [1.82, 2.24) is 59.1 Å². The molecule has 0 saturated carbocycles. The van der Waals surface area contributed by atoms with Gasteiger partial charge in [0.25, 0.3) is 0 Å². The monoisotopic (exact) mass is 931 g/mol. The number of aromatic nitrogens is 12. The van der Waals surface area contributed by atoms with E-state index in [0.29, 0.717) is 53.3 Å². The molecule has 0 amide bonds. The molecular formula is C52H53N17O. The molecule has 6 heterocycles. The maximum Gasteiger partial charge on any atom is 0.234 e. The fourth-order valence-electron chi connectivity index (χ4n) is 7.98. The fourth-order valence-corrected chi connectivity index (χ4v) is 7.98. The van der Waals surface area contributed by atoms with Crippen LogP contribution in [0.2, 0.25) is 0 Å². The first kappa shape index (κ1) is 46.4.